The van der Waals surface area contributed by atoms with Crippen molar-refractivity contribution in [3.8, 4) is 0 Å². The van der Waals surface area contributed by atoms with E-state index in [1.165, 1.54) is 10.5 Å². The highest BCUT2D eigenvalue weighted by atomic mass is 16.2. The van der Waals surface area contributed by atoms with Crippen LogP contribution in [0.25, 0.3) is 0 Å². The minimum Gasteiger partial charge on any atom is -0.333 e. The Morgan fingerprint density at radius 2 is 2.00 bits per heavy atom. The number of nitrogens with zero attached hydrogens (tertiary/aromatic N) is 3. The molecule has 2 saturated heterocycles. The molecule has 0 spiro atoms. The topological polar surface area (TPSA) is 77.0 Å². The van der Waals surface area contributed by atoms with Crippen molar-refractivity contribution in [3.05, 3.63) is 48.0 Å². The van der Waals surface area contributed by atoms with Crippen LogP contribution in [-0.2, 0) is 11.3 Å². The van der Waals surface area contributed by atoms with Crippen molar-refractivity contribution in [1.82, 2.24) is 20.4 Å². The molecule has 7 nitrogen and oxygen atoms in total. The van der Waals surface area contributed by atoms with Gasteiger partial charge in [-0.25, -0.2) is 9.79 Å². The molecule has 1 aromatic carbocycles. The van der Waals surface area contributed by atoms with E-state index in [-0.39, 0.29) is 5.91 Å². The molecule has 126 valence electrons. The summed E-state index contributed by atoms with van der Waals surface area (Å²) < 4.78 is 0. The van der Waals surface area contributed by atoms with E-state index < -0.39 is 18.2 Å². The third-order valence-corrected chi connectivity index (χ3v) is 4.28. The monoisotopic (exact) mass is 327 g/mol. The summed E-state index contributed by atoms with van der Waals surface area (Å²) in [6, 6.07) is 7.22. The fourth-order valence-electron chi connectivity index (χ4n) is 2.92. The van der Waals surface area contributed by atoms with E-state index in [9.17, 15) is 9.59 Å². The number of guanidine groups is 1. The molecule has 0 saturated carbocycles. The quantitative estimate of drug-likeness (QED) is 0.803. The molecule has 24 heavy (non-hydrogen) atoms. The van der Waals surface area contributed by atoms with Gasteiger partial charge in [0.25, 0.3) is 5.91 Å². The molecule has 2 atom stereocenters. The molecule has 0 radical (unpaired) electrons. The lowest BCUT2D eigenvalue weighted by atomic mass is 10.1. The van der Waals surface area contributed by atoms with E-state index in [2.05, 4.69) is 22.2 Å². The number of rotatable bonds is 4. The van der Waals surface area contributed by atoms with Gasteiger partial charge in [-0.3, -0.25) is 10.1 Å². The average Bonchev–Trinajstić information content (AvgIpc) is 2.92. The van der Waals surface area contributed by atoms with Crippen molar-refractivity contribution in [2.75, 3.05) is 13.6 Å². The molecule has 2 fully saturated rings. The predicted molar refractivity (Wildman–Crippen MR) is 91.2 cm³/mol. The molecule has 0 bridgehead atoms. The van der Waals surface area contributed by atoms with E-state index in [0.717, 1.165) is 5.56 Å². The summed E-state index contributed by atoms with van der Waals surface area (Å²) in [5.41, 5.74) is 2.28. The first kappa shape index (κ1) is 16.0. The zero-order chi connectivity index (χ0) is 17.3. The Morgan fingerprint density at radius 1 is 1.29 bits per heavy atom. The Bertz CT molecular complexity index is 697. The van der Waals surface area contributed by atoms with Crippen LogP contribution in [0, 0.1) is 6.92 Å². The number of carbonyl (C=O) groups excluding carboxylic acids is 2. The molecule has 0 aliphatic carbocycles. The predicted octanol–water partition coefficient (Wildman–Crippen LogP) is 0.819. The van der Waals surface area contributed by atoms with Crippen LogP contribution in [0.2, 0.25) is 0 Å². The second-order valence-corrected chi connectivity index (χ2v) is 6.01. The summed E-state index contributed by atoms with van der Waals surface area (Å²) in [4.78, 5) is 32.0. The number of aryl methyl sites for hydroxylation is 1. The number of amides is 3. The van der Waals surface area contributed by atoms with E-state index in [1.54, 1.807) is 13.1 Å². The first-order valence-corrected chi connectivity index (χ1v) is 7.83. The number of fused-ring (bicyclic) bond motifs is 1. The van der Waals surface area contributed by atoms with Crippen LogP contribution in [0.4, 0.5) is 4.79 Å². The highest BCUT2D eigenvalue weighted by Gasteiger charge is 2.49. The van der Waals surface area contributed by atoms with E-state index in [4.69, 9.17) is 0 Å². The Balaban J connectivity index is 1.85. The van der Waals surface area contributed by atoms with Crippen molar-refractivity contribution < 1.29 is 9.59 Å². The Hall–Kier alpha value is -2.83. The van der Waals surface area contributed by atoms with Crippen LogP contribution in [-0.4, -0.2) is 53.5 Å². The lowest BCUT2D eigenvalue weighted by molar-refractivity contribution is -0.126. The largest absolute Gasteiger partial charge is 0.333 e. The van der Waals surface area contributed by atoms with Gasteiger partial charge in [0.15, 0.2) is 12.0 Å². The van der Waals surface area contributed by atoms with Crippen molar-refractivity contribution in [2.45, 2.75) is 25.7 Å². The maximum absolute atomic E-state index is 12.2. The molecule has 7 heteroatoms. The smallest absolute Gasteiger partial charge is 0.325 e. The summed E-state index contributed by atoms with van der Waals surface area (Å²) >= 11 is 0. The molecule has 1 aromatic rings. The minimum absolute atomic E-state index is 0.321. The minimum atomic E-state index is -0.512. The van der Waals surface area contributed by atoms with E-state index >= 15 is 0 Å². The van der Waals surface area contributed by atoms with Crippen LogP contribution in [0.5, 0.6) is 0 Å². The van der Waals surface area contributed by atoms with E-state index in [0.29, 0.717) is 19.0 Å². The molecule has 3 rings (SSSR count). The summed E-state index contributed by atoms with van der Waals surface area (Å²) in [5.74, 6) is 0.278. The number of urea groups is 1. The Kier molecular flexibility index (Phi) is 4.24. The Morgan fingerprint density at radius 3 is 2.67 bits per heavy atom. The maximum atomic E-state index is 12.2. The van der Waals surface area contributed by atoms with Crippen molar-refractivity contribution >= 4 is 17.9 Å². The fraction of sp³-hybridized carbons (Fsp3) is 0.353. The van der Waals surface area contributed by atoms with Gasteiger partial charge >= 0.3 is 6.03 Å². The molecule has 0 aromatic heterocycles. The van der Waals surface area contributed by atoms with Gasteiger partial charge in [-0.2, -0.15) is 0 Å². The van der Waals surface area contributed by atoms with Crippen molar-refractivity contribution in [3.63, 3.8) is 0 Å². The van der Waals surface area contributed by atoms with Crippen LogP contribution in [0.1, 0.15) is 11.1 Å². The highest BCUT2D eigenvalue weighted by molar-refractivity contribution is 6.04. The number of aliphatic imine (C=N–C) groups is 1. The zero-order valence-electron chi connectivity index (χ0n) is 13.8. The maximum Gasteiger partial charge on any atom is 0.325 e. The fourth-order valence-corrected chi connectivity index (χ4v) is 2.92. The first-order chi connectivity index (χ1) is 11.5. The number of nitrogens with one attached hydrogen (secondary N) is 2. The van der Waals surface area contributed by atoms with Gasteiger partial charge in [0, 0.05) is 13.6 Å². The van der Waals surface area contributed by atoms with Gasteiger partial charge in [0.2, 0.25) is 0 Å². The van der Waals surface area contributed by atoms with Gasteiger partial charge in [-0.1, -0.05) is 35.9 Å². The van der Waals surface area contributed by atoms with Crippen molar-refractivity contribution in [2.24, 2.45) is 4.99 Å². The Labute approximate surface area is 141 Å². The number of hydrogen-bond donors (Lipinski definition) is 2. The normalized spacial score (nSPS) is 24.7. The molecular formula is C17H21N5O2. The van der Waals surface area contributed by atoms with E-state index in [1.807, 2.05) is 36.1 Å². The summed E-state index contributed by atoms with van der Waals surface area (Å²) in [7, 11) is 1.65. The summed E-state index contributed by atoms with van der Waals surface area (Å²) in [6.07, 6.45) is 1.29. The van der Waals surface area contributed by atoms with Crippen LogP contribution in [0.3, 0.4) is 0 Å². The molecular weight excluding hydrogens is 306 g/mol. The van der Waals surface area contributed by atoms with Gasteiger partial charge < -0.3 is 15.1 Å². The molecule has 2 unspecified atom stereocenters. The first-order valence-electron chi connectivity index (χ1n) is 7.83. The number of benzene rings is 1. The summed E-state index contributed by atoms with van der Waals surface area (Å²) in [5, 5.41) is 5.56. The number of carbonyl (C=O) groups is 2. The molecule has 2 aliphatic heterocycles. The standard InChI is InChI=1S/C17H21N5O2/c1-4-9-22-13-14(21(3)17(24)20-15(13)23)19-16(22)18-10-12-7-5-11(2)6-8-12/h4-8,13-14H,1,9-10H2,2-3H3,(H,18,19)(H,20,23,24). The third kappa shape index (κ3) is 2.84. The van der Waals surface area contributed by atoms with Gasteiger partial charge in [0.05, 0.1) is 6.54 Å². The highest BCUT2D eigenvalue weighted by Crippen LogP contribution is 2.20. The third-order valence-electron chi connectivity index (χ3n) is 4.28. The zero-order valence-corrected chi connectivity index (χ0v) is 13.8. The lowest BCUT2D eigenvalue weighted by Gasteiger charge is -2.35. The number of imide groups is 1. The van der Waals surface area contributed by atoms with Gasteiger partial charge in [0.1, 0.15) is 6.17 Å². The second kappa shape index (κ2) is 6.35. The number of hydrogen-bond acceptors (Lipinski definition) is 3. The van der Waals surface area contributed by atoms with Crippen LogP contribution < -0.4 is 10.6 Å². The molecule has 2 N–H and O–H groups in total. The lowest BCUT2D eigenvalue weighted by Crippen LogP contribution is -2.64. The molecule has 2 heterocycles. The average molecular weight is 327 g/mol. The van der Waals surface area contributed by atoms with Gasteiger partial charge in [-0.15, -0.1) is 6.58 Å². The summed E-state index contributed by atoms with van der Waals surface area (Å²) in [6.45, 7) is 6.75. The number of likely N-dealkylation sites (N-methyl/N-ethyl adjacent to an activating group) is 1. The van der Waals surface area contributed by atoms with Crippen molar-refractivity contribution in [1.29, 1.82) is 0 Å². The second-order valence-electron chi connectivity index (χ2n) is 6.01. The van der Waals surface area contributed by atoms with Gasteiger partial charge in [-0.05, 0) is 12.5 Å². The molecule has 3 amide bonds. The SMILES string of the molecule is C=CCN1C(=NCc2ccc(C)cc2)NC2C1C(=O)NC(=O)N2C. The van der Waals surface area contributed by atoms with Crippen LogP contribution in [0.15, 0.2) is 41.9 Å². The van der Waals surface area contributed by atoms with Crippen LogP contribution >= 0.6 is 0 Å². The molecule has 2 aliphatic rings.